The first-order valence-corrected chi connectivity index (χ1v) is 4.48. The lowest BCUT2D eigenvalue weighted by Gasteiger charge is -1.98. The Labute approximate surface area is 77.2 Å². The van der Waals surface area contributed by atoms with Crippen LogP contribution in [-0.4, -0.2) is 11.1 Å². The molecule has 0 amide bonds. The van der Waals surface area contributed by atoms with Crippen molar-refractivity contribution in [3.05, 3.63) is 34.9 Å². The number of aryl methyl sites for hydroxylation is 1. The molecule has 2 rings (SSSR count). The predicted octanol–water partition coefficient (Wildman–Crippen LogP) is 1.79. The van der Waals surface area contributed by atoms with Crippen LogP contribution < -0.4 is 0 Å². The van der Waals surface area contributed by atoms with Gasteiger partial charge >= 0.3 is 5.97 Å². The molecule has 0 saturated heterocycles. The van der Waals surface area contributed by atoms with Crippen molar-refractivity contribution in [1.29, 1.82) is 0 Å². The molecule has 0 heterocycles. The van der Waals surface area contributed by atoms with Gasteiger partial charge in [-0.1, -0.05) is 23.8 Å². The summed E-state index contributed by atoms with van der Waals surface area (Å²) in [4.78, 5) is 10.8. The first kappa shape index (κ1) is 8.30. The summed E-state index contributed by atoms with van der Waals surface area (Å²) in [6.45, 7) is 2.04. The second-order valence-electron chi connectivity index (χ2n) is 3.72. The molecule has 1 N–H and O–H groups in total. The highest BCUT2D eigenvalue weighted by molar-refractivity contribution is 5.72. The zero-order valence-corrected chi connectivity index (χ0v) is 7.58. The van der Waals surface area contributed by atoms with Crippen LogP contribution in [-0.2, 0) is 17.6 Å². The van der Waals surface area contributed by atoms with Gasteiger partial charge in [-0.2, -0.15) is 0 Å². The number of fused-ring (bicyclic) bond motifs is 1. The van der Waals surface area contributed by atoms with E-state index >= 15 is 0 Å². The van der Waals surface area contributed by atoms with Crippen molar-refractivity contribution in [2.75, 3.05) is 0 Å². The van der Waals surface area contributed by atoms with E-state index in [4.69, 9.17) is 5.11 Å². The molecule has 0 bridgehead atoms. The van der Waals surface area contributed by atoms with Crippen molar-refractivity contribution in [2.45, 2.75) is 19.8 Å². The molecule has 0 spiro atoms. The van der Waals surface area contributed by atoms with E-state index in [1.165, 1.54) is 16.7 Å². The van der Waals surface area contributed by atoms with E-state index < -0.39 is 5.97 Å². The van der Waals surface area contributed by atoms with E-state index in [1.54, 1.807) is 0 Å². The van der Waals surface area contributed by atoms with Crippen LogP contribution in [0.25, 0.3) is 0 Å². The highest BCUT2D eigenvalue weighted by atomic mass is 16.4. The molecule has 0 saturated carbocycles. The number of benzene rings is 1. The molecule has 1 aromatic rings. The Morgan fingerprint density at radius 1 is 1.38 bits per heavy atom. The Bertz CT molecular complexity index is 355. The third-order valence-corrected chi connectivity index (χ3v) is 2.64. The molecule has 13 heavy (non-hydrogen) atoms. The van der Waals surface area contributed by atoms with E-state index in [0.717, 1.165) is 0 Å². The molecule has 0 aromatic heterocycles. The van der Waals surface area contributed by atoms with Crippen LogP contribution in [0, 0.1) is 12.8 Å². The van der Waals surface area contributed by atoms with Gasteiger partial charge in [-0.25, -0.2) is 0 Å². The van der Waals surface area contributed by atoms with Gasteiger partial charge in [0.05, 0.1) is 5.92 Å². The first-order chi connectivity index (χ1) is 6.16. The van der Waals surface area contributed by atoms with Gasteiger partial charge in [0.1, 0.15) is 0 Å². The minimum atomic E-state index is -0.672. The molecule has 2 nitrogen and oxygen atoms in total. The predicted molar refractivity (Wildman–Crippen MR) is 49.7 cm³/mol. The Morgan fingerprint density at radius 2 is 2.08 bits per heavy atom. The maximum atomic E-state index is 10.8. The SMILES string of the molecule is Cc1ccc2c(c1)CC(C(=O)O)C2. The van der Waals surface area contributed by atoms with Gasteiger partial charge in [-0.15, -0.1) is 0 Å². The quantitative estimate of drug-likeness (QED) is 0.708. The highest BCUT2D eigenvalue weighted by Crippen LogP contribution is 2.27. The average molecular weight is 176 g/mol. The first-order valence-electron chi connectivity index (χ1n) is 4.48. The zero-order chi connectivity index (χ0) is 9.42. The summed E-state index contributed by atoms with van der Waals surface area (Å²) >= 11 is 0. The molecule has 1 atom stereocenters. The van der Waals surface area contributed by atoms with Gasteiger partial charge in [0, 0.05) is 0 Å². The van der Waals surface area contributed by atoms with Gasteiger partial charge in [-0.3, -0.25) is 4.79 Å². The lowest BCUT2D eigenvalue weighted by atomic mass is 10.1. The van der Waals surface area contributed by atoms with Gasteiger partial charge < -0.3 is 5.11 Å². The number of hydrogen-bond acceptors (Lipinski definition) is 1. The van der Waals surface area contributed by atoms with Crippen molar-refractivity contribution >= 4 is 5.97 Å². The number of hydrogen-bond donors (Lipinski definition) is 1. The normalized spacial score (nSPS) is 19.9. The van der Waals surface area contributed by atoms with Gasteiger partial charge in [0.25, 0.3) is 0 Å². The third kappa shape index (κ3) is 1.44. The highest BCUT2D eigenvalue weighted by Gasteiger charge is 2.26. The summed E-state index contributed by atoms with van der Waals surface area (Å²) in [7, 11) is 0. The summed E-state index contributed by atoms with van der Waals surface area (Å²) in [5.74, 6) is -0.870. The monoisotopic (exact) mass is 176 g/mol. The van der Waals surface area contributed by atoms with Gasteiger partial charge in [-0.05, 0) is 30.9 Å². The lowest BCUT2D eigenvalue weighted by Crippen LogP contribution is -2.12. The topological polar surface area (TPSA) is 37.3 Å². The van der Waals surface area contributed by atoms with Crippen LogP contribution in [0.3, 0.4) is 0 Å². The average Bonchev–Trinajstić information content (AvgIpc) is 2.46. The zero-order valence-electron chi connectivity index (χ0n) is 7.58. The van der Waals surface area contributed by atoms with Crippen molar-refractivity contribution in [2.24, 2.45) is 5.92 Å². The summed E-state index contributed by atoms with van der Waals surface area (Å²) in [5.41, 5.74) is 3.63. The molecule has 1 aliphatic rings. The number of aliphatic carboxylic acids is 1. The van der Waals surface area contributed by atoms with Crippen molar-refractivity contribution < 1.29 is 9.90 Å². The van der Waals surface area contributed by atoms with Crippen LogP contribution in [0.1, 0.15) is 16.7 Å². The molecule has 2 heteroatoms. The minimum Gasteiger partial charge on any atom is -0.481 e. The Kier molecular flexibility index (Phi) is 1.83. The molecule has 68 valence electrons. The van der Waals surface area contributed by atoms with E-state index in [-0.39, 0.29) is 5.92 Å². The summed E-state index contributed by atoms with van der Waals surface area (Å²) < 4.78 is 0. The third-order valence-electron chi connectivity index (χ3n) is 2.64. The number of carboxylic acids is 1. The molecule has 1 aromatic carbocycles. The molecule has 0 aliphatic heterocycles. The summed E-state index contributed by atoms with van der Waals surface area (Å²) in [5, 5.41) is 8.85. The van der Waals surface area contributed by atoms with Crippen LogP contribution in [0.15, 0.2) is 18.2 Å². The van der Waals surface area contributed by atoms with Gasteiger partial charge in [0.15, 0.2) is 0 Å². The maximum absolute atomic E-state index is 10.8. The molecule has 0 radical (unpaired) electrons. The van der Waals surface area contributed by atoms with E-state index in [9.17, 15) is 4.79 Å². The smallest absolute Gasteiger partial charge is 0.307 e. The fourth-order valence-corrected chi connectivity index (χ4v) is 1.92. The van der Waals surface area contributed by atoms with Crippen molar-refractivity contribution in [1.82, 2.24) is 0 Å². The van der Waals surface area contributed by atoms with Crippen LogP contribution in [0.4, 0.5) is 0 Å². The molecular weight excluding hydrogens is 164 g/mol. The Hall–Kier alpha value is -1.31. The molecule has 0 fully saturated rings. The van der Waals surface area contributed by atoms with Gasteiger partial charge in [0.2, 0.25) is 0 Å². The fourth-order valence-electron chi connectivity index (χ4n) is 1.92. The van der Waals surface area contributed by atoms with E-state index in [2.05, 4.69) is 6.07 Å². The van der Waals surface area contributed by atoms with Crippen LogP contribution >= 0.6 is 0 Å². The van der Waals surface area contributed by atoms with Crippen LogP contribution in [0.5, 0.6) is 0 Å². The maximum Gasteiger partial charge on any atom is 0.307 e. The molecule has 1 aliphatic carbocycles. The second-order valence-corrected chi connectivity index (χ2v) is 3.72. The second kappa shape index (κ2) is 2.87. The lowest BCUT2D eigenvalue weighted by molar-refractivity contribution is -0.141. The molecular formula is C11H12O2. The Balaban J connectivity index is 2.30. The molecule has 1 unspecified atom stereocenters. The fraction of sp³-hybridized carbons (Fsp3) is 0.364. The number of carboxylic acid groups (broad SMARTS) is 1. The number of rotatable bonds is 1. The minimum absolute atomic E-state index is 0.197. The van der Waals surface area contributed by atoms with E-state index in [1.807, 2.05) is 19.1 Å². The van der Waals surface area contributed by atoms with Crippen molar-refractivity contribution in [3.8, 4) is 0 Å². The standard InChI is InChI=1S/C11H12O2/c1-7-2-3-8-5-10(11(12)13)6-9(8)4-7/h2-4,10H,5-6H2,1H3,(H,12,13). The van der Waals surface area contributed by atoms with E-state index in [0.29, 0.717) is 12.8 Å². The largest absolute Gasteiger partial charge is 0.481 e. The summed E-state index contributed by atoms with van der Waals surface area (Å²) in [6, 6.07) is 6.19. The van der Waals surface area contributed by atoms with Crippen LogP contribution in [0.2, 0.25) is 0 Å². The number of carbonyl (C=O) groups is 1. The van der Waals surface area contributed by atoms with Crippen molar-refractivity contribution in [3.63, 3.8) is 0 Å². The summed E-state index contributed by atoms with van der Waals surface area (Å²) in [6.07, 6.45) is 1.40. The Morgan fingerprint density at radius 3 is 2.77 bits per heavy atom.